The Bertz CT molecular complexity index is 1140. The second-order valence-corrected chi connectivity index (χ2v) is 8.72. The molecule has 0 aliphatic heterocycles. The zero-order chi connectivity index (χ0) is 19.0. The van der Waals surface area contributed by atoms with Gasteiger partial charge in [0.05, 0.1) is 18.1 Å². The van der Waals surface area contributed by atoms with Gasteiger partial charge in [-0.1, -0.05) is 31.4 Å². The average molecular weight is 387 g/mol. The van der Waals surface area contributed by atoms with Gasteiger partial charge in [0.15, 0.2) is 11.3 Å². The van der Waals surface area contributed by atoms with Crippen molar-refractivity contribution in [3.8, 4) is 11.3 Å². The van der Waals surface area contributed by atoms with Crippen molar-refractivity contribution in [2.75, 3.05) is 11.0 Å². The van der Waals surface area contributed by atoms with E-state index in [0.29, 0.717) is 22.7 Å². The first kappa shape index (κ1) is 17.7. The molecule has 2 aromatic heterocycles. The average Bonchev–Trinajstić information content (AvgIpc) is 2.96. The fraction of sp³-hybridized carbons (Fsp3) is 0.389. The fourth-order valence-corrected chi connectivity index (χ4v) is 4.22. The Morgan fingerprint density at radius 1 is 1.22 bits per heavy atom. The third-order valence-electron chi connectivity index (χ3n) is 4.83. The summed E-state index contributed by atoms with van der Waals surface area (Å²) in [6.07, 6.45) is 8.03. The van der Waals surface area contributed by atoms with Crippen molar-refractivity contribution in [1.29, 1.82) is 0 Å². The maximum atomic E-state index is 12.4. The normalized spacial score (nSPS) is 15.9. The third kappa shape index (κ3) is 3.73. The van der Waals surface area contributed by atoms with E-state index in [1.807, 2.05) is 6.07 Å². The Kier molecular flexibility index (Phi) is 4.47. The predicted molar refractivity (Wildman–Crippen MR) is 104 cm³/mol. The van der Waals surface area contributed by atoms with Crippen LogP contribution >= 0.6 is 0 Å². The highest BCUT2D eigenvalue weighted by Gasteiger charge is 2.21. The molecule has 0 radical (unpaired) electrons. The van der Waals surface area contributed by atoms with Gasteiger partial charge in [-0.3, -0.25) is 14.3 Å². The van der Waals surface area contributed by atoms with Crippen LogP contribution in [0.1, 0.15) is 38.1 Å². The number of sulfonamides is 1. The van der Waals surface area contributed by atoms with Gasteiger partial charge in [-0.25, -0.2) is 23.2 Å². The summed E-state index contributed by atoms with van der Waals surface area (Å²) < 4.78 is 27.1. The summed E-state index contributed by atoms with van der Waals surface area (Å²) in [6.45, 7) is 0. The molecule has 4 rings (SSSR count). The van der Waals surface area contributed by atoms with E-state index in [-0.39, 0.29) is 11.7 Å². The number of aromatic nitrogens is 4. The predicted octanol–water partition coefficient (Wildman–Crippen LogP) is 2.66. The summed E-state index contributed by atoms with van der Waals surface area (Å²) in [4.78, 5) is 24.3. The number of fused-ring (bicyclic) bond motifs is 1. The largest absolute Gasteiger partial charge is 0.329 e. The molecule has 27 heavy (non-hydrogen) atoms. The molecule has 2 N–H and O–H groups in total. The van der Waals surface area contributed by atoms with Crippen molar-refractivity contribution in [2.24, 2.45) is 0 Å². The smallest absolute Gasteiger partial charge is 0.289 e. The Labute approximate surface area is 156 Å². The van der Waals surface area contributed by atoms with Crippen LogP contribution in [-0.2, 0) is 10.0 Å². The molecule has 0 saturated heterocycles. The van der Waals surface area contributed by atoms with E-state index >= 15 is 0 Å². The second-order valence-electron chi connectivity index (χ2n) is 6.97. The first-order valence-electron chi connectivity index (χ1n) is 8.96. The number of nitrogens with zero attached hydrogens (tertiary/aromatic N) is 3. The first-order chi connectivity index (χ1) is 12.9. The van der Waals surface area contributed by atoms with E-state index in [1.165, 1.54) is 6.42 Å². The van der Waals surface area contributed by atoms with Crippen LogP contribution in [0.5, 0.6) is 0 Å². The van der Waals surface area contributed by atoms with Crippen LogP contribution in [-0.4, -0.2) is 34.2 Å². The molecule has 0 atom stereocenters. The molecule has 1 saturated carbocycles. The first-order valence-corrected chi connectivity index (χ1v) is 10.9. The number of hydrogen-bond donors (Lipinski definition) is 2. The Balaban J connectivity index is 1.77. The minimum atomic E-state index is -3.37. The van der Waals surface area contributed by atoms with Crippen molar-refractivity contribution >= 4 is 27.0 Å². The second kappa shape index (κ2) is 6.80. The number of H-pyrrole nitrogens is 1. The lowest BCUT2D eigenvalue weighted by atomic mass is 9.95. The molecule has 1 fully saturated rings. The van der Waals surface area contributed by atoms with Gasteiger partial charge in [0.2, 0.25) is 10.0 Å². The van der Waals surface area contributed by atoms with Gasteiger partial charge in [-0.15, -0.1) is 0 Å². The highest BCUT2D eigenvalue weighted by molar-refractivity contribution is 7.92. The van der Waals surface area contributed by atoms with Gasteiger partial charge in [-0.2, -0.15) is 0 Å². The number of aromatic amines is 1. The fourth-order valence-electron chi connectivity index (χ4n) is 3.67. The standard InChI is InChI=1S/C18H21N5O3S/c1-27(25,26)22-13-7-5-6-12(10-13)15-11-19-16-17(20-15)23(18(24)21-16)14-8-3-2-4-9-14/h5-7,10-11,14,22H,2-4,8-9H2,1H3,(H,19,21,24). The molecule has 2 heterocycles. The molecule has 1 aromatic carbocycles. The molecular formula is C18H21N5O3S. The van der Waals surface area contributed by atoms with Crippen molar-refractivity contribution in [3.63, 3.8) is 0 Å². The summed E-state index contributed by atoms with van der Waals surface area (Å²) in [5.41, 5.74) is 2.60. The topological polar surface area (TPSA) is 110 Å². The van der Waals surface area contributed by atoms with Crippen LogP contribution in [0.15, 0.2) is 35.3 Å². The lowest BCUT2D eigenvalue weighted by Crippen LogP contribution is -2.24. The Morgan fingerprint density at radius 3 is 2.74 bits per heavy atom. The minimum absolute atomic E-state index is 0.141. The van der Waals surface area contributed by atoms with Crippen LogP contribution < -0.4 is 10.4 Å². The molecule has 0 unspecified atom stereocenters. The van der Waals surface area contributed by atoms with Crippen molar-refractivity contribution < 1.29 is 8.42 Å². The molecule has 142 valence electrons. The summed E-state index contributed by atoms with van der Waals surface area (Å²) in [5, 5.41) is 0. The minimum Gasteiger partial charge on any atom is -0.289 e. The van der Waals surface area contributed by atoms with Crippen LogP contribution in [0.4, 0.5) is 5.69 Å². The van der Waals surface area contributed by atoms with Crippen LogP contribution in [0.2, 0.25) is 0 Å². The third-order valence-corrected chi connectivity index (χ3v) is 5.43. The maximum absolute atomic E-state index is 12.4. The Morgan fingerprint density at radius 2 is 2.00 bits per heavy atom. The monoisotopic (exact) mass is 387 g/mol. The highest BCUT2D eigenvalue weighted by Crippen LogP contribution is 2.29. The van der Waals surface area contributed by atoms with Gasteiger partial charge < -0.3 is 0 Å². The molecule has 8 nitrogen and oxygen atoms in total. The number of rotatable bonds is 4. The molecule has 0 amide bonds. The lowest BCUT2D eigenvalue weighted by molar-refractivity contribution is 0.352. The molecule has 3 aromatic rings. The number of nitrogens with one attached hydrogen (secondary N) is 2. The summed E-state index contributed by atoms with van der Waals surface area (Å²) in [7, 11) is -3.37. The molecule has 0 spiro atoms. The van der Waals surface area contributed by atoms with Gasteiger partial charge in [0, 0.05) is 17.3 Å². The van der Waals surface area contributed by atoms with Gasteiger partial charge >= 0.3 is 5.69 Å². The van der Waals surface area contributed by atoms with Gasteiger partial charge in [-0.05, 0) is 25.0 Å². The van der Waals surface area contributed by atoms with Crippen molar-refractivity contribution in [1.82, 2.24) is 19.5 Å². The Hall–Kier alpha value is -2.68. The summed E-state index contributed by atoms with van der Waals surface area (Å²) in [6, 6.07) is 7.10. The van der Waals surface area contributed by atoms with E-state index in [4.69, 9.17) is 0 Å². The van der Waals surface area contributed by atoms with Crippen molar-refractivity contribution in [2.45, 2.75) is 38.1 Å². The molecule has 1 aliphatic carbocycles. The van der Waals surface area contributed by atoms with E-state index < -0.39 is 10.0 Å². The van der Waals surface area contributed by atoms with E-state index in [0.717, 1.165) is 37.5 Å². The molecule has 0 bridgehead atoms. The number of anilines is 1. The number of imidazole rings is 1. The highest BCUT2D eigenvalue weighted by atomic mass is 32.2. The molecule has 1 aliphatic rings. The summed E-state index contributed by atoms with van der Waals surface area (Å²) >= 11 is 0. The van der Waals surface area contributed by atoms with Crippen LogP contribution in [0, 0.1) is 0 Å². The lowest BCUT2D eigenvalue weighted by Gasteiger charge is -2.22. The summed E-state index contributed by atoms with van der Waals surface area (Å²) in [5.74, 6) is 0. The van der Waals surface area contributed by atoms with E-state index in [1.54, 1.807) is 29.0 Å². The molecular weight excluding hydrogens is 366 g/mol. The number of benzene rings is 1. The van der Waals surface area contributed by atoms with Crippen LogP contribution in [0.25, 0.3) is 22.6 Å². The van der Waals surface area contributed by atoms with E-state index in [9.17, 15) is 13.2 Å². The van der Waals surface area contributed by atoms with Gasteiger partial charge in [0.1, 0.15) is 0 Å². The number of hydrogen-bond acceptors (Lipinski definition) is 5. The zero-order valence-electron chi connectivity index (χ0n) is 15.0. The van der Waals surface area contributed by atoms with Crippen LogP contribution in [0.3, 0.4) is 0 Å². The van der Waals surface area contributed by atoms with E-state index in [2.05, 4.69) is 19.7 Å². The zero-order valence-corrected chi connectivity index (χ0v) is 15.8. The maximum Gasteiger partial charge on any atom is 0.329 e. The SMILES string of the molecule is CS(=O)(=O)Nc1cccc(-c2cnc3[nH]c(=O)n(C4CCCCC4)c3n2)c1. The van der Waals surface area contributed by atoms with Crippen molar-refractivity contribution in [3.05, 3.63) is 40.9 Å². The quantitative estimate of drug-likeness (QED) is 0.715. The van der Waals surface area contributed by atoms with Gasteiger partial charge in [0.25, 0.3) is 0 Å². The molecule has 9 heteroatoms.